The van der Waals surface area contributed by atoms with E-state index in [1.54, 1.807) is 6.92 Å². The normalized spacial score (nSPS) is 12.7. The van der Waals surface area contributed by atoms with Gasteiger partial charge < -0.3 is 15.7 Å². The van der Waals surface area contributed by atoms with Gasteiger partial charge in [0.15, 0.2) is 0 Å². The summed E-state index contributed by atoms with van der Waals surface area (Å²) >= 11 is 3.41. The Kier molecular flexibility index (Phi) is 6.64. The van der Waals surface area contributed by atoms with Gasteiger partial charge in [0.1, 0.15) is 0 Å². The third-order valence-corrected chi connectivity index (χ3v) is 2.69. The number of benzene rings is 1. The Hall–Kier alpha value is -0.420. The first-order chi connectivity index (χ1) is 7.68. The summed E-state index contributed by atoms with van der Waals surface area (Å²) in [5.74, 6) is 0. The van der Waals surface area contributed by atoms with Crippen LogP contribution in [0.4, 0.5) is 0 Å². The number of rotatable bonds is 7. The van der Waals surface area contributed by atoms with Gasteiger partial charge in [-0.05, 0) is 24.6 Å². The zero-order valence-corrected chi connectivity index (χ0v) is 11.1. The van der Waals surface area contributed by atoms with Crippen molar-refractivity contribution in [3.05, 3.63) is 34.3 Å². The molecule has 4 heteroatoms. The molecule has 3 N–H and O–H groups in total. The predicted octanol–water partition coefficient (Wildman–Crippen LogP) is 1.51. The molecule has 3 nitrogen and oxygen atoms in total. The minimum absolute atomic E-state index is 0.272. The largest absolute Gasteiger partial charge is 0.392 e. The third-order valence-electron chi connectivity index (χ3n) is 2.16. The summed E-state index contributed by atoms with van der Waals surface area (Å²) in [4.78, 5) is 0. The molecule has 90 valence electrons. The molecule has 1 atom stereocenters. The fraction of sp³-hybridized carbons (Fsp3) is 0.500. The first-order valence-corrected chi connectivity index (χ1v) is 6.31. The molecule has 1 aromatic rings. The van der Waals surface area contributed by atoms with Crippen LogP contribution in [0.2, 0.25) is 0 Å². The van der Waals surface area contributed by atoms with Crippen LogP contribution < -0.4 is 10.6 Å². The van der Waals surface area contributed by atoms with E-state index in [-0.39, 0.29) is 6.10 Å². The summed E-state index contributed by atoms with van der Waals surface area (Å²) < 4.78 is 1.11. The summed E-state index contributed by atoms with van der Waals surface area (Å²) in [5.41, 5.74) is 1.28. The number of hydrogen-bond acceptors (Lipinski definition) is 3. The molecule has 16 heavy (non-hydrogen) atoms. The molecule has 0 saturated heterocycles. The van der Waals surface area contributed by atoms with Crippen LogP contribution in [0.15, 0.2) is 28.7 Å². The molecule has 0 aliphatic rings. The van der Waals surface area contributed by atoms with Crippen molar-refractivity contribution in [2.45, 2.75) is 19.6 Å². The lowest BCUT2D eigenvalue weighted by Crippen LogP contribution is -2.31. The van der Waals surface area contributed by atoms with Crippen LogP contribution in [-0.2, 0) is 6.54 Å². The number of halogens is 1. The maximum Gasteiger partial charge on any atom is 0.0636 e. The van der Waals surface area contributed by atoms with Crippen LogP contribution in [0, 0.1) is 0 Å². The topological polar surface area (TPSA) is 44.3 Å². The van der Waals surface area contributed by atoms with Crippen LogP contribution in [0.1, 0.15) is 12.5 Å². The number of aliphatic hydroxyl groups is 1. The number of hydrogen-bond donors (Lipinski definition) is 3. The molecule has 0 heterocycles. The molecule has 0 aromatic heterocycles. The molecule has 0 amide bonds. The fourth-order valence-electron chi connectivity index (χ4n) is 1.32. The molecule has 0 saturated carbocycles. The molecular formula is C12H19BrN2O. The van der Waals surface area contributed by atoms with Crippen molar-refractivity contribution in [1.82, 2.24) is 10.6 Å². The maximum absolute atomic E-state index is 9.03. The van der Waals surface area contributed by atoms with Gasteiger partial charge in [0.05, 0.1) is 6.10 Å². The smallest absolute Gasteiger partial charge is 0.0636 e. The van der Waals surface area contributed by atoms with Gasteiger partial charge >= 0.3 is 0 Å². The van der Waals surface area contributed by atoms with Gasteiger partial charge in [-0.1, -0.05) is 28.1 Å². The lowest BCUT2D eigenvalue weighted by atomic mass is 10.2. The Morgan fingerprint density at radius 1 is 1.19 bits per heavy atom. The lowest BCUT2D eigenvalue weighted by molar-refractivity contribution is 0.191. The Morgan fingerprint density at radius 2 is 1.81 bits per heavy atom. The van der Waals surface area contributed by atoms with E-state index in [9.17, 15) is 0 Å². The Bertz CT molecular complexity index is 288. The van der Waals surface area contributed by atoms with E-state index >= 15 is 0 Å². The van der Waals surface area contributed by atoms with Crippen molar-refractivity contribution >= 4 is 15.9 Å². The van der Waals surface area contributed by atoms with Gasteiger partial charge in [-0.15, -0.1) is 0 Å². The average molecular weight is 287 g/mol. The van der Waals surface area contributed by atoms with Gasteiger partial charge in [-0.25, -0.2) is 0 Å². The summed E-state index contributed by atoms with van der Waals surface area (Å²) in [6.45, 7) is 5.09. The Morgan fingerprint density at radius 3 is 2.44 bits per heavy atom. The van der Waals surface area contributed by atoms with Crippen molar-refractivity contribution in [1.29, 1.82) is 0 Å². The molecule has 1 rings (SSSR count). The Labute approximate surface area is 105 Å². The molecule has 1 aromatic carbocycles. The molecule has 0 aliphatic carbocycles. The molecule has 0 aliphatic heterocycles. The van der Waals surface area contributed by atoms with Crippen LogP contribution in [0.3, 0.4) is 0 Å². The zero-order chi connectivity index (χ0) is 11.8. The SMILES string of the molecule is C[C@H](O)CNCCNCc1ccc(Br)cc1. The van der Waals surface area contributed by atoms with E-state index in [1.807, 2.05) is 12.1 Å². The second kappa shape index (κ2) is 7.79. The van der Waals surface area contributed by atoms with Crippen LogP contribution in [0.5, 0.6) is 0 Å². The van der Waals surface area contributed by atoms with E-state index in [2.05, 4.69) is 38.7 Å². The first-order valence-electron chi connectivity index (χ1n) is 5.52. The molecule has 0 radical (unpaired) electrons. The van der Waals surface area contributed by atoms with Gasteiger partial charge in [-0.2, -0.15) is 0 Å². The van der Waals surface area contributed by atoms with Gasteiger partial charge in [-0.3, -0.25) is 0 Å². The first kappa shape index (κ1) is 13.6. The highest BCUT2D eigenvalue weighted by atomic mass is 79.9. The highest BCUT2D eigenvalue weighted by molar-refractivity contribution is 9.10. The third kappa shape index (κ3) is 6.23. The summed E-state index contributed by atoms with van der Waals surface area (Å²) in [6.07, 6.45) is -0.272. The summed E-state index contributed by atoms with van der Waals surface area (Å²) in [6, 6.07) is 8.28. The fourth-order valence-corrected chi connectivity index (χ4v) is 1.59. The maximum atomic E-state index is 9.03. The summed E-state index contributed by atoms with van der Waals surface area (Å²) in [7, 11) is 0. The van der Waals surface area contributed by atoms with Gasteiger partial charge in [0.2, 0.25) is 0 Å². The molecule has 0 bridgehead atoms. The monoisotopic (exact) mass is 286 g/mol. The van der Waals surface area contributed by atoms with Crippen molar-refractivity contribution in [2.75, 3.05) is 19.6 Å². The quantitative estimate of drug-likeness (QED) is 0.666. The summed E-state index contributed by atoms with van der Waals surface area (Å²) in [5, 5.41) is 15.5. The van der Waals surface area contributed by atoms with Gasteiger partial charge in [0.25, 0.3) is 0 Å². The molecule has 0 spiro atoms. The van der Waals surface area contributed by atoms with Crippen LogP contribution in [-0.4, -0.2) is 30.8 Å². The average Bonchev–Trinajstić information content (AvgIpc) is 2.25. The standard InChI is InChI=1S/C12H19BrN2O/c1-10(16)8-14-6-7-15-9-11-2-4-12(13)5-3-11/h2-5,10,14-16H,6-9H2,1H3/t10-/m0/s1. The lowest BCUT2D eigenvalue weighted by Gasteiger charge is -2.08. The van der Waals surface area contributed by atoms with Crippen LogP contribution >= 0.6 is 15.9 Å². The minimum Gasteiger partial charge on any atom is -0.392 e. The minimum atomic E-state index is -0.272. The Balaban J connectivity index is 2.05. The molecule has 0 unspecified atom stereocenters. The van der Waals surface area contributed by atoms with E-state index in [4.69, 9.17) is 5.11 Å². The van der Waals surface area contributed by atoms with Crippen molar-refractivity contribution in [2.24, 2.45) is 0 Å². The zero-order valence-electron chi connectivity index (χ0n) is 9.54. The van der Waals surface area contributed by atoms with E-state index < -0.39 is 0 Å². The van der Waals surface area contributed by atoms with Crippen molar-refractivity contribution < 1.29 is 5.11 Å². The molecular weight excluding hydrogens is 268 g/mol. The number of aliphatic hydroxyl groups excluding tert-OH is 1. The van der Waals surface area contributed by atoms with E-state index in [0.29, 0.717) is 6.54 Å². The van der Waals surface area contributed by atoms with Crippen molar-refractivity contribution in [3.63, 3.8) is 0 Å². The highest BCUT2D eigenvalue weighted by Crippen LogP contribution is 2.09. The van der Waals surface area contributed by atoms with Crippen molar-refractivity contribution in [3.8, 4) is 0 Å². The van der Waals surface area contributed by atoms with E-state index in [1.165, 1.54) is 5.56 Å². The van der Waals surface area contributed by atoms with Gasteiger partial charge in [0, 0.05) is 30.7 Å². The van der Waals surface area contributed by atoms with E-state index in [0.717, 1.165) is 24.1 Å². The molecule has 0 fully saturated rings. The van der Waals surface area contributed by atoms with Crippen LogP contribution in [0.25, 0.3) is 0 Å². The second-order valence-electron chi connectivity index (χ2n) is 3.86. The number of nitrogens with one attached hydrogen (secondary N) is 2. The highest BCUT2D eigenvalue weighted by Gasteiger charge is 1.94. The second-order valence-corrected chi connectivity index (χ2v) is 4.77. The predicted molar refractivity (Wildman–Crippen MR) is 70.4 cm³/mol.